The molecule has 0 spiro atoms. The molecule has 2 aromatic carbocycles. The molecular formula is C20H22N2O2. The van der Waals surface area contributed by atoms with E-state index in [9.17, 15) is 9.59 Å². The van der Waals surface area contributed by atoms with Crippen LogP contribution in [0.4, 0.5) is 11.4 Å². The molecule has 0 saturated heterocycles. The van der Waals surface area contributed by atoms with Crippen molar-refractivity contribution in [3.63, 3.8) is 0 Å². The number of hydrogen-bond donors (Lipinski definition) is 1. The molecule has 2 amide bonds. The van der Waals surface area contributed by atoms with Gasteiger partial charge >= 0.3 is 0 Å². The van der Waals surface area contributed by atoms with Gasteiger partial charge in [0.25, 0.3) is 0 Å². The van der Waals surface area contributed by atoms with Gasteiger partial charge in [-0.05, 0) is 60.7 Å². The molecule has 1 aliphatic heterocycles. The van der Waals surface area contributed by atoms with Crippen LogP contribution in [0.1, 0.15) is 29.2 Å². The Bertz CT molecular complexity index is 811. The van der Waals surface area contributed by atoms with Gasteiger partial charge in [-0.1, -0.05) is 18.2 Å². The fourth-order valence-corrected chi connectivity index (χ4v) is 3.11. The molecule has 4 nitrogen and oxygen atoms in total. The topological polar surface area (TPSA) is 49.4 Å². The Kier molecular flexibility index (Phi) is 4.38. The minimum Gasteiger partial charge on any atom is -0.326 e. The summed E-state index contributed by atoms with van der Waals surface area (Å²) in [4.78, 5) is 25.6. The second-order valence-electron chi connectivity index (χ2n) is 6.41. The van der Waals surface area contributed by atoms with Gasteiger partial charge in [0.1, 0.15) is 0 Å². The molecule has 1 N–H and O–H groups in total. The normalized spacial score (nSPS) is 12.9. The summed E-state index contributed by atoms with van der Waals surface area (Å²) in [6.07, 6.45) is 1.19. The van der Waals surface area contributed by atoms with Crippen molar-refractivity contribution in [3.8, 4) is 0 Å². The average molecular weight is 322 g/mol. The van der Waals surface area contributed by atoms with Gasteiger partial charge in [0, 0.05) is 24.8 Å². The summed E-state index contributed by atoms with van der Waals surface area (Å²) in [5.74, 6) is 0.0277. The Morgan fingerprint density at radius 1 is 1.08 bits per heavy atom. The lowest BCUT2D eigenvalue weighted by molar-refractivity contribution is -0.117. The molecule has 0 unspecified atom stereocenters. The first-order valence-corrected chi connectivity index (χ1v) is 8.21. The predicted octanol–water partition coefficient (Wildman–Crippen LogP) is 3.39. The van der Waals surface area contributed by atoms with Crippen molar-refractivity contribution in [1.29, 1.82) is 0 Å². The molecule has 0 radical (unpaired) electrons. The standard InChI is InChI=1S/C20H22N2O2/c1-13-4-5-16(10-14(13)2)11-20(24)21-18-6-7-19-17(12-18)8-9-22(19)15(3)23/h4-7,10,12H,8-9,11H2,1-3H3,(H,21,24). The van der Waals surface area contributed by atoms with Gasteiger partial charge in [0.05, 0.1) is 6.42 Å². The zero-order chi connectivity index (χ0) is 17.3. The molecule has 2 aromatic rings. The molecule has 24 heavy (non-hydrogen) atoms. The smallest absolute Gasteiger partial charge is 0.228 e. The van der Waals surface area contributed by atoms with Crippen LogP contribution in [0.15, 0.2) is 36.4 Å². The Balaban J connectivity index is 1.69. The summed E-state index contributed by atoms with van der Waals surface area (Å²) in [6, 6.07) is 11.8. The van der Waals surface area contributed by atoms with Crippen LogP contribution in [-0.4, -0.2) is 18.4 Å². The van der Waals surface area contributed by atoms with Gasteiger partial charge < -0.3 is 10.2 Å². The second-order valence-corrected chi connectivity index (χ2v) is 6.41. The lowest BCUT2D eigenvalue weighted by atomic mass is 10.0. The van der Waals surface area contributed by atoms with E-state index in [1.165, 1.54) is 11.1 Å². The van der Waals surface area contributed by atoms with Gasteiger partial charge in [-0.15, -0.1) is 0 Å². The SMILES string of the molecule is CC(=O)N1CCc2cc(NC(=O)Cc3ccc(C)c(C)c3)ccc21. The number of nitrogens with zero attached hydrogens (tertiary/aromatic N) is 1. The van der Waals surface area contributed by atoms with Crippen LogP contribution in [0.3, 0.4) is 0 Å². The molecule has 0 aromatic heterocycles. The molecule has 124 valence electrons. The van der Waals surface area contributed by atoms with E-state index in [-0.39, 0.29) is 11.8 Å². The Morgan fingerprint density at radius 2 is 1.88 bits per heavy atom. The second kappa shape index (κ2) is 6.48. The number of carbonyl (C=O) groups is 2. The molecule has 3 rings (SSSR count). The summed E-state index contributed by atoms with van der Waals surface area (Å²) < 4.78 is 0. The third-order valence-electron chi connectivity index (χ3n) is 4.57. The number of rotatable bonds is 3. The van der Waals surface area contributed by atoms with Gasteiger partial charge in [-0.2, -0.15) is 0 Å². The van der Waals surface area contributed by atoms with Crippen LogP contribution in [-0.2, 0) is 22.4 Å². The molecule has 0 aliphatic carbocycles. The Hall–Kier alpha value is -2.62. The molecule has 0 fully saturated rings. The molecule has 4 heteroatoms. The van der Waals surface area contributed by atoms with Gasteiger partial charge in [-0.25, -0.2) is 0 Å². The minimum absolute atomic E-state index is 0.0281. The zero-order valence-corrected chi connectivity index (χ0v) is 14.3. The summed E-state index contributed by atoms with van der Waals surface area (Å²) in [7, 11) is 0. The lowest BCUT2D eigenvalue weighted by Crippen LogP contribution is -2.25. The van der Waals surface area contributed by atoms with Gasteiger partial charge in [0.2, 0.25) is 11.8 Å². The fraction of sp³-hybridized carbons (Fsp3) is 0.300. The molecule has 0 saturated carbocycles. The number of nitrogens with one attached hydrogen (secondary N) is 1. The molecule has 0 bridgehead atoms. The van der Waals surface area contributed by atoms with Crippen LogP contribution in [0.2, 0.25) is 0 Å². The van der Waals surface area contributed by atoms with Gasteiger partial charge in [-0.3, -0.25) is 9.59 Å². The van der Waals surface area contributed by atoms with Crippen molar-refractivity contribution in [3.05, 3.63) is 58.7 Å². The highest BCUT2D eigenvalue weighted by atomic mass is 16.2. The van der Waals surface area contributed by atoms with E-state index in [0.717, 1.165) is 28.9 Å². The number of benzene rings is 2. The monoisotopic (exact) mass is 322 g/mol. The maximum absolute atomic E-state index is 12.3. The van der Waals surface area contributed by atoms with Crippen molar-refractivity contribution in [2.45, 2.75) is 33.6 Å². The van der Waals surface area contributed by atoms with Crippen LogP contribution >= 0.6 is 0 Å². The Labute approximate surface area is 142 Å². The van der Waals surface area contributed by atoms with Crippen LogP contribution in [0, 0.1) is 13.8 Å². The van der Waals surface area contributed by atoms with Crippen molar-refractivity contribution < 1.29 is 9.59 Å². The zero-order valence-electron chi connectivity index (χ0n) is 14.3. The highest BCUT2D eigenvalue weighted by Gasteiger charge is 2.22. The quantitative estimate of drug-likeness (QED) is 0.941. The predicted molar refractivity (Wildman–Crippen MR) is 96.4 cm³/mol. The molecule has 1 aliphatic rings. The summed E-state index contributed by atoms with van der Waals surface area (Å²) >= 11 is 0. The fourth-order valence-electron chi connectivity index (χ4n) is 3.11. The van der Waals surface area contributed by atoms with E-state index >= 15 is 0 Å². The third kappa shape index (κ3) is 3.32. The van der Waals surface area contributed by atoms with E-state index < -0.39 is 0 Å². The van der Waals surface area contributed by atoms with Crippen LogP contribution in [0.25, 0.3) is 0 Å². The third-order valence-corrected chi connectivity index (χ3v) is 4.57. The Morgan fingerprint density at radius 3 is 2.58 bits per heavy atom. The first kappa shape index (κ1) is 16.2. The van der Waals surface area contributed by atoms with Crippen LogP contribution < -0.4 is 10.2 Å². The molecule has 1 heterocycles. The largest absolute Gasteiger partial charge is 0.326 e. The van der Waals surface area contributed by atoms with E-state index in [0.29, 0.717) is 13.0 Å². The van der Waals surface area contributed by atoms with E-state index in [1.807, 2.05) is 30.3 Å². The van der Waals surface area contributed by atoms with Crippen molar-refractivity contribution in [1.82, 2.24) is 0 Å². The number of anilines is 2. The van der Waals surface area contributed by atoms with E-state index in [2.05, 4.69) is 25.2 Å². The number of amides is 2. The molecular weight excluding hydrogens is 300 g/mol. The summed E-state index contributed by atoms with van der Waals surface area (Å²) in [6.45, 7) is 6.41. The highest BCUT2D eigenvalue weighted by Crippen LogP contribution is 2.30. The highest BCUT2D eigenvalue weighted by molar-refractivity contribution is 5.96. The van der Waals surface area contributed by atoms with Crippen molar-refractivity contribution in [2.75, 3.05) is 16.8 Å². The average Bonchev–Trinajstić information content (AvgIpc) is 2.94. The number of carbonyl (C=O) groups excluding carboxylic acids is 2. The number of fused-ring (bicyclic) bond motifs is 1. The van der Waals surface area contributed by atoms with Crippen molar-refractivity contribution >= 4 is 23.2 Å². The number of aryl methyl sites for hydroxylation is 2. The van der Waals surface area contributed by atoms with E-state index in [1.54, 1.807) is 11.8 Å². The molecule has 0 atom stereocenters. The van der Waals surface area contributed by atoms with Gasteiger partial charge in [0.15, 0.2) is 0 Å². The summed E-state index contributed by atoms with van der Waals surface area (Å²) in [5.41, 5.74) is 6.28. The summed E-state index contributed by atoms with van der Waals surface area (Å²) in [5, 5.41) is 2.96. The minimum atomic E-state index is -0.0281. The van der Waals surface area contributed by atoms with E-state index in [4.69, 9.17) is 0 Å². The first-order valence-electron chi connectivity index (χ1n) is 8.21. The first-order chi connectivity index (χ1) is 11.4. The maximum atomic E-state index is 12.3. The van der Waals surface area contributed by atoms with Crippen LogP contribution in [0.5, 0.6) is 0 Å². The number of hydrogen-bond acceptors (Lipinski definition) is 2. The maximum Gasteiger partial charge on any atom is 0.228 e. The lowest BCUT2D eigenvalue weighted by Gasteiger charge is -2.15. The van der Waals surface area contributed by atoms with Crippen molar-refractivity contribution in [2.24, 2.45) is 0 Å².